The number of aryl methyl sites for hydroxylation is 2. The van der Waals surface area contributed by atoms with Gasteiger partial charge in [0.05, 0.1) is 6.04 Å². The number of rotatable bonds is 8. The van der Waals surface area contributed by atoms with Crippen LogP contribution >= 0.6 is 11.3 Å². The zero-order chi connectivity index (χ0) is 14.4. The van der Waals surface area contributed by atoms with Gasteiger partial charge in [-0.25, -0.2) is 0 Å². The molecule has 0 saturated carbocycles. The second-order valence-corrected chi connectivity index (χ2v) is 6.84. The molecule has 0 spiro atoms. The van der Waals surface area contributed by atoms with E-state index in [9.17, 15) is 4.79 Å². The zero-order valence-electron chi connectivity index (χ0n) is 12.6. The minimum absolute atomic E-state index is 0.116. The Morgan fingerprint density at radius 2 is 2.25 bits per heavy atom. The van der Waals surface area contributed by atoms with E-state index in [4.69, 9.17) is 0 Å². The van der Waals surface area contributed by atoms with E-state index in [0.717, 1.165) is 19.5 Å². The molecule has 0 bridgehead atoms. The quantitative estimate of drug-likeness (QED) is 0.724. The summed E-state index contributed by atoms with van der Waals surface area (Å²) in [5.41, 5.74) is 1.53. The molecule has 112 valence electrons. The average Bonchev–Trinajstić information content (AvgIpc) is 3.01. The smallest absolute Gasteiger partial charge is 0.236 e. The third kappa shape index (κ3) is 4.32. The summed E-state index contributed by atoms with van der Waals surface area (Å²) >= 11 is 1.91. The van der Waals surface area contributed by atoms with Gasteiger partial charge in [-0.15, -0.1) is 11.3 Å². The maximum absolute atomic E-state index is 11.9. The Labute approximate surface area is 126 Å². The maximum atomic E-state index is 11.9. The van der Waals surface area contributed by atoms with E-state index < -0.39 is 0 Å². The van der Waals surface area contributed by atoms with Crippen LogP contribution in [0.15, 0.2) is 6.07 Å². The Morgan fingerprint density at radius 3 is 3.00 bits per heavy atom. The predicted octanol–water partition coefficient (Wildman–Crippen LogP) is 3.02. The molecule has 0 aliphatic heterocycles. The van der Waals surface area contributed by atoms with Crippen LogP contribution in [-0.4, -0.2) is 18.5 Å². The van der Waals surface area contributed by atoms with Gasteiger partial charge in [-0.3, -0.25) is 4.79 Å². The second kappa shape index (κ2) is 7.79. The van der Waals surface area contributed by atoms with Crippen molar-refractivity contribution in [2.75, 3.05) is 6.54 Å². The van der Waals surface area contributed by atoms with Crippen LogP contribution < -0.4 is 10.6 Å². The highest BCUT2D eigenvalue weighted by Gasteiger charge is 2.16. The normalized spacial score (nSPS) is 15.1. The summed E-state index contributed by atoms with van der Waals surface area (Å²) in [6, 6.07) is 2.19. The van der Waals surface area contributed by atoms with Gasteiger partial charge in [0.2, 0.25) is 5.91 Å². The molecule has 20 heavy (non-hydrogen) atoms. The van der Waals surface area contributed by atoms with Crippen molar-refractivity contribution in [3.63, 3.8) is 0 Å². The largest absolute Gasteiger partial charge is 0.355 e. The molecule has 1 aromatic heterocycles. The van der Waals surface area contributed by atoms with Crippen molar-refractivity contribution >= 4 is 17.2 Å². The Hall–Kier alpha value is -0.870. The van der Waals surface area contributed by atoms with Crippen molar-refractivity contribution < 1.29 is 4.79 Å². The molecule has 1 unspecified atom stereocenters. The SMILES string of the molecule is CCCCCNC(=O)C(C)NCc1cc2c(s1)CCC2. The van der Waals surface area contributed by atoms with E-state index in [1.807, 2.05) is 18.3 Å². The molecular weight excluding hydrogens is 268 g/mol. The molecular formula is C16H26N2OS. The topological polar surface area (TPSA) is 41.1 Å². The first-order valence-corrected chi connectivity index (χ1v) is 8.64. The average molecular weight is 294 g/mol. The van der Waals surface area contributed by atoms with Crippen molar-refractivity contribution in [3.05, 3.63) is 21.4 Å². The lowest BCUT2D eigenvalue weighted by atomic mass is 10.2. The number of carbonyl (C=O) groups excluding carboxylic acids is 1. The summed E-state index contributed by atoms with van der Waals surface area (Å²) in [7, 11) is 0. The summed E-state index contributed by atoms with van der Waals surface area (Å²) in [6.45, 7) is 5.72. The fourth-order valence-corrected chi connectivity index (χ4v) is 3.78. The molecule has 1 aromatic rings. The summed E-state index contributed by atoms with van der Waals surface area (Å²) in [5, 5.41) is 6.32. The number of nitrogens with one attached hydrogen (secondary N) is 2. The van der Waals surface area contributed by atoms with Crippen LogP contribution in [0.25, 0.3) is 0 Å². The molecule has 0 fully saturated rings. The van der Waals surface area contributed by atoms with Gasteiger partial charge >= 0.3 is 0 Å². The van der Waals surface area contributed by atoms with Gasteiger partial charge in [0.1, 0.15) is 0 Å². The minimum atomic E-state index is -0.117. The van der Waals surface area contributed by atoms with Crippen molar-refractivity contribution in [3.8, 4) is 0 Å². The maximum Gasteiger partial charge on any atom is 0.236 e. The first-order valence-electron chi connectivity index (χ1n) is 7.82. The molecule has 1 aliphatic carbocycles. The van der Waals surface area contributed by atoms with Gasteiger partial charge in [0, 0.05) is 22.8 Å². The van der Waals surface area contributed by atoms with E-state index in [-0.39, 0.29) is 11.9 Å². The number of carbonyl (C=O) groups is 1. The number of hydrogen-bond donors (Lipinski definition) is 2. The number of amides is 1. The summed E-state index contributed by atoms with van der Waals surface area (Å²) in [5.74, 6) is 0.116. The van der Waals surface area contributed by atoms with Crippen LogP contribution in [0.3, 0.4) is 0 Å². The molecule has 0 aromatic carbocycles. The highest BCUT2D eigenvalue weighted by atomic mass is 32.1. The Bertz CT molecular complexity index is 420. The lowest BCUT2D eigenvalue weighted by molar-refractivity contribution is -0.122. The summed E-state index contributed by atoms with van der Waals surface area (Å²) < 4.78 is 0. The van der Waals surface area contributed by atoms with Crippen LogP contribution in [0.2, 0.25) is 0 Å². The van der Waals surface area contributed by atoms with E-state index in [1.54, 1.807) is 4.88 Å². The molecule has 0 radical (unpaired) electrons. The van der Waals surface area contributed by atoms with Crippen molar-refractivity contribution in [2.24, 2.45) is 0 Å². The van der Waals surface area contributed by atoms with Crippen LogP contribution in [0.1, 0.15) is 54.8 Å². The molecule has 0 saturated heterocycles. The van der Waals surface area contributed by atoms with Crippen molar-refractivity contribution in [1.82, 2.24) is 10.6 Å². The number of hydrogen-bond acceptors (Lipinski definition) is 3. The highest BCUT2D eigenvalue weighted by Crippen LogP contribution is 2.30. The fraction of sp³-hybridized carbons (Fsp3) is 0.688. The van der Waals surface area contributed by atoms with E-state index >= 15 is 0 Å². The lowest BCUT2D eigenvalue weighted by Gasteiger charge is -2.13. The van der Waals surface area contributed by atoms with Gasteiger partial charge in [-0.2, -0.15) is 0 Å². The molecule has 1 aliphatic rings. The van der Waals surface area contributed by atoms with Gasteiger partial charge in [-0.05, 0) is 44.2 Å². The van der Waals surface area contributed by atoms with Gasteiger partial charge < -0.3 is 10.6 Å². The van der Waals surface area contributed by atoms with Crippen LogP contribution in [0.5, 0.6) is 0 Å². The summed E-state index contributed by atoms with van der Waals surface area (Å²) in [6.07, 6.45) is 7.24. The van der Waals surface area contributed by atoms with E-state index in [2.05, 4.69) is 23.6 Å². The molecule has 1 heterocycles. The number of fused-ring (bicyclic) bond motifs is 1. The predicted molar refractivity (Wildman–Crippen MR) is 85.2 cm³/mol. The Balaban J connectivity index is 1.68. The second-order valence-electron chi connectivity index (χ2n) is 5.62. The van der Waals surface area contributed by atoms with Crippen LogP contribution in [0, 0.1) is 0 Å². The van der Waals surface area contributed by atoms with Gasteiger partial charge in [0.25, 0.3) is 0 Å². The molecule has 1 atom stereocenters. The Morgan fingerprint density at radius 1 is 1.40 bits per heavy atom. The van der Waals surface area contributed by atoms with E-state index in [0.29, 0.717) is 0 Å². The number of thiophene rings is 1. The van der Waals surface area contributed by atoms with Gasteiger partial charge in [-0.1, -0.05) is 19.8 Å². The zero-order valence-corrected chi connectivity index (χ0v) is 13.4. The van der Waals surface area contributed by atoms with Crippen molar-refractivity contribution in [2.45, 2.75) is 65.0 Å². The molecule has 2 N–H and O–H groups in total. The fourth-order valence-electron chi connectivity index (χ4n) is 2.56. The molecule has 3 nitrogen and oxygen atoms in total. The molecule has 1 amide bonds. The molecule has 2 rings (SSSR count). The van der Waals surface area contributed by atoms with Crippen LogP contribution in [0.4, 0.5) is 0 Å². The highest BCUT2D eigenvalue weighted by molar-refractivity contribution is 7.12. The minimum Gasteiger partial charge on any atom is -0.355 e. The van der Waals surface area contributed by atoms with Gasteiger partial charge in [0.15, 0.2) is 0 Å². The molecule has 4 heteroatoms. The monoisotopic (exact) mass is 294 g/mol. The lowest BCUT2D eigenvalue weighted by Crippen LogP contribution is -2.42. The third-order valence-corrected chi connectivity index (χ3v) is 5.09. The Kier molecular flexibility index (Phi) is 6.05. The first-order chi connectivity index (χ1) is 9.70. The summed E-state index contributed by atoms with van der Waals surface area (Å²) in [4.78, 5) is 14.8. The van der Waals surface area contributed by atoms with Crippen LogP contribution in [-0.2, 0) is 24.2 Å². The first kappa shape index (κ1) is 15.5. The van der Waals surface area contributed by atoms with E-state index in [1.165, 1.54) is 42.5 Å². The third-order valence-electron chi connectivity index (χ3n) is 3.85. The number of unbranched alkanes of at least 4 members (excludes halogenated alkanes) is 2. The van der Waals surface area contributed by atoms with Crippen molar-refractivity contribution in [1.29, 1.82) is 0 Å². The standard InChI is InChI=1S/C16H26N2OS/c1-3-4-5-9-17-16(19)12(2)18-11-14-10-13-7-6-8-15(13)20-14/h10,12,18H,3-9,11H2,1-2H3,(H,17,19).